The summed E-state index contributed by atoms with van der Waals surface area (Å²) in [7, 11) is 1.70. The second-order valence-corrected chi connectivity index (χ2v) is 7.93. The first kappa shape index (κ1) is 17.6. The van der Waals surface area contributed by atoms with Gasteiger partial charge in [-0.25, -0.2) is 0 Å². The van der Waals surface area contributed by atoms with Crippen molar-refractivity contribution < 1.29 is 9.84 Å². The molecule has 138 valence electrons. The van der Waals surface area contributed by atoms with Gasteiger partial charge in [0.15, 0.2) is 0 Å². The van der Waals surface area contributed by atoms with Crippen LogP contribution in [0.25, 0.3) is 0 Å². The highest BCUT2D eigenvalue weighted by Gasteiger charge is 2.42. The molecule has 2 aromatic rings. The molecule has 1 fully saturated rings. The van der Waals surface area contributed by atoms with Crippen molar-refractivity contribution in [1.29, 1.82) is 0 Å². The Balaban J connectivity index is 1.58. The lowest BCUT2D eigenvalue weighted by molar-refractivity contribution is -0.0364. The molecule has 26 heavy (non-hydrogen) atoms. The lowest BCUT2D eigenvalue weighted by atomic mass is 9.70. The summed E-state index contributed by atoms with van der Waals surface area (Å²) in [5.74, 6) is 1.11. The first-order chi connectivity index (χ1) is 12.7. The van der Waals surface area contributed by atoms with Gasteiger partial charge < -0.3 is 9.84 Å². The van der Waals surface area contributed by atoms with E-state index in [0.717, 1.165) is 51.1 Å². The van der Waals surface area contributed by atoms with E-state index in [9.17, 15) is 5.11 Å². The van der Waals surface area contributed by atoms with E-state index in [2.05, 4.69) is 41.3 Å². The number of fused-ring (bicyclic) bond motifs is 1. The normalized spacial score (nSPS) is 22.6. The van der Waals surface area contributed by atoms with Crippen molar-refractivity contribution >= 4 is 0 Å². The molecule has 1 heterocycles. The minimum absolute atomic E-state index is 0.214. The van der Waals surface area contributed by atoms with Crippen LogP contribution in [0, 0.1) is 0 Å². The van der Waals surface area contributed by atoms with Crippen LogP contribution >= 0.6 is 0 Å². The predicted molar refractivity (Wildman–Crippen MR) is 104 cm³/mol. The van der Waals surface area contributed by atoms with Crippen molar-refractivity contribution in [2.24, 2.45) is 0 Å². The van der Waals surface area contributed by atoms with Crippen molar-refractivity contribution in [3.63, 3.8) is 0 Å². The molecule has 0 aromatic heterocycles. The molecule has 3 heteroatoms. The van der Waals surface area contributed by atoms with Crippen LogP contribution in [0.2, 0.25) is 0 Å². The molecular formula is C23H29NO2. The zero-order chi connectivity index (χ0) is 18.0. The zero-order valence-electron chi connectivity index (χ0n) is 15.7. The molecule has 1 aliphatic carbocycles. The molecule has 0 saturated heterocycles. The smallest absolute Gasteiger partial charge is 0.118 e. The molecule has 1 unspecified atom stereocenters. The Kier molecular flexibility index (Phi) is 5.01. The highest BCUT2D eigenvalue weighted by atomic mass is 16.5. The van der Waals surface area contributed by atoms with Crippen LogP contribution in [-0.2, 0) is 13.1 Å². The van der Waals surface area contributed by atoms with Crippen LogP contribution in [0.4, 0.5) is 0 Å². The summed E-state index contributed by atoms with van der Waals surface area (Å²) in [5, 5.41) is 11.5. The van der Waals surface area contributed by atoms with Gasteiger partial charge in [-0.2, -0.15) is 0 Å². The predicted octanol–water partition coefficient (Wildman–Crippen LogP) is 4.49. The summed E-state index contributed by atoms with van der Waals surface area (Å²) < 4.78 is 5.27. The number of hydrogen-bond donors (Lipinski definition) is 1. The molecule has 1 saturated carbocycles. The molecule has 0 spiro atoms. The Labute approximate surface area is 156 Å². The number of aliphatic hydroxyl groups is 1. The summed E-state index contributed by atoms with van der Waals surface area (Å²) in [5.41, 5.74) is 3.48. The minimum atomic E-state index is -0.549. The number of hydrogen-bond acceptors (Lipinski definition) is 3. The van der Waals surface area contributed by atoms with Gasteiger partial charge in [0.25, 0.3) is 0 Å². The van der Waals surface area contributed by atoms with Crippen LogP contribution in [0.3, 0.4) is 0 Å². The van der Waals surface area contributed by atoms with Crippen LogP contribution in [0.5, 0.6) is 5.75 Å². The molecule has 2 aliphatic rings. The van der Waals surface area contributed by atoms with E-state index in [1.165, 1.54) is 23.1 Å². The third kappa shape index (κ3) is 3.51. The highest BCUT2D eigenvalue weighted by Crippen LogP contribution is 2.43. The van der Waals surface area contributed by atoms with E-state index >= 15 is 0 Å². The molecule has 1 N–H and O–H groups in total. The number of ether oxygens (including phenoxy) is 1. The molecule has 0 radical (unpaired) electrons. The summed E-state index contributed by atoms with van der Waals surface area (Å²) in [6, 6.07) is 17.0. The maximum Gasteiger partial charge on any atom is 0.118 e. The van der Waals surface area contributed by atoms with Crippen LogP contribution in [0.15, 0.2) is 48.5 Å². The summed E-state index contributed by atoms with van der Waals surface area (Å²) in [4.78, 5) is 2.49. The monoisotopic (exact) mass is 351 g/mol. The Bertz CT molecular complexity index is 734. The van der Waals surface area contributed by atoms with Crippen LogP contribution in [0.1, 0.15) is 54.7 Å². The van der Waals surface area contributed by atoms with Crippen molar-refractivity contribution in [3.8, 4) is 5.75 Å². The molecule has 1 atom stereocenters. The van der Waals surface area contributed by atoms with Gasteiger partial charge in [-0.3, -0.25) is 4.90 Å². The van der Waals surface area contributed by atoms with E-state index in [1.807, 2.05) is 12.1 Å². The van der Waals surface area contributed by atoms with Crippen molar-refractivity contribution in [3.05, 3.63) is 65.2 Å². The third-order valence-corrected chi connectivity index (χ3v) is 6.20. The number of methoxy groups -OCH3 is 1. The largest absolute Gasteiger partial charge is 0.497 e. The first-order valence-corrected chi connectivity index (χ1v) is 9.83. The van der Waals surface area contributed by atoms with E-state index in [0.29, 0.717) is 0 Å². The maximum atomic E-state index is 11.5. The van der Waals surface area contributed by atoms with E-state index in [1.54, 1.807) is 7.11 Å². The fourth-order valence-corrected chi connectivity index (χ4v) is 4.76. The van der Waals surface area contributed by atoms with Crippen LogP contribution in [-0.4, -0.2) is 29.3 Å². The van der Waals surface area contributed by atoms with Crippen molar-refractivity contribution in [2.45, 2.75) is 56.7 Å². The molecule has 0 bridgehead atoms. The lowest BCUT2D eigenvalue weighted by Gasteiger charge is -2.45. The standard InChI is InChI=1S/C23H29NO2/c1-26-20-11-9-18(10-12-20)15-24-16-19-7-3-4-8-21(19)22(17-24)23(25)13-5-2-6-14-23/h3-4,7-12,22,25H,2,5-6,13-17H2,1H3. The molecule has 1 aliphatic heterocycles. The van der Waals surface area contributed by atoms with Gasteiger partial charge in [-0.15, -0.1) is 0 Å². The van der Waals surface area contributed by atoms with Crippen molar-refractivity contribution in [2.75, 3.05) is 13.7 Å². The topological polar surface area (TPSA) is 32.7 Å². The zero-order valence-corrected chi connectivity index (χ0v) is 15.7. The lowest BCUT2D eigenvalue weighted by Crippen LogP contribution is -2.46. The summed E-state index contributed by atoms with van der Waals surface area (Å²) >= 11 is 0. The molecule has 4 rings (SSSR count). The van der Waals surface area contributed by atoms with Gasteiger partial charge in [-0.1, -0.05) is 55.7 Å². The van der Waals surface area contributed by atoms with Gasteiger partial charge in [0.2, 0.25) is 0 Å². The third-order valence-electron chi connectivity index (χ3n) is 6.20. The minimum Gasteiger partial charge on any atom is -0.497 e. The Morgan fingerprint density at radius 1 is 1.04 bits per heavy atom. The quantitative estimate of drug-likeness (QED) is 0.881. The number of nitrogens with zero attached hydrogens (tertiary/aromatic N) is 1. The summed E-state index contributed by atoms with van der Waals surface area (Å²) in [6.45, 7) is 2.79. The molecule has 0 amide bonds. The summed E-state index contributed by atoms with van der Waals surface area (Å²) in [6.07, 6.45) is 5.41. The Morgan fingerprint density at radius 3 is 2.50 bits per heavy atom. The van der Waals surface area contributed by atoms with E-state index < -0.39 is 5.60 Å². The molecule has 2 aromatic carbocycles. The van der Waals surface area contributed by atoms with Gasteiger partial charge >= 0.3 is 0 Å². The molecule has 3 nitrogen and oxygen atoms in total. The second kappa shape index (κ2) is 7.42. The maximum absolute atomic E-state index is 11.5. The van der Waals surface area contributed by atoms with Gasteiger partial charge in [0, 0.05) is 25.6 Å². The second-order valence-electron chi connectivity index (χ2n) is 7.93. The average molecular weight is 351 g/mol. The Morgan fingerprint density at radius 2 is 1.77 bits per heavy atom. The number of benzene rings is 2. The van der Waals surface area contributed by atoms with E-state index in [-0.39, 0.29) is 5.92 Å². The highest BCUT2D eigenvalue weighted by molar-refractivity contribution is 5.36. The fourth-order valence-electron chi connectivity index (χ4n) is 4.76. The van der Waals surface area contributed by atoms with Crippen LogP contribution < -0.4 is 4.74 Å². The molecular weight excluding hydrogens is 322 g/mol. The number of rotatable bonds is 4. The fraction of sp³-hybridized carbons (Fsp3) is 0.478. The van der Waals surface area contributed by atoms with Gasteiger partial charge in [0.05, 0.1) is 12.7 Å². The SMILES string of the molecule is COc1ccc(CN2Cc3ccccc3C(C3(O)CCCCC3)C2)cc1. The van der Waals surface area contributed by atoms with Gasteiger partial charge in [-0.05, 0) is 41.7 Å². The van der Waals surface area contributed by atoms with E-state index in [4.69, 9.17) is 4.74 Å². The van der Waals surface area contributed by atoms with Crippen molar-refractivity contribution in [1.82, 2.24) is 4.90 Å². The Hall–Kier alpha value is -1.84. The average Bonchev–Trinajstić information content (AvgIpc) is 2.68. The first-order valence-electron chi connectivity index (χ1n) is 9.83. The van der Waals surface area contributed by atoms with Gasteiger partial charge in [0.1, 0.15) is 5.75 Å².